The van der Waals surface area contributed by atoms with Crippen LogP contribution in [-0.4, -0.2) is 69.2 Å². The minimum Gasteiger partial charge on any atom is -0.365 e. The molecule has 3 amide bonds. The highest BCUT2D eigenvalue weighted by molar-refractivity contribution is 7.16. The fraction of sp³-hybridized carbons (Fsp3) is 0.302. The zero-order valence-corrected chi connectivity index (χ0v) is 39.7. The number of aromatic nitrogens is 3. The zero-order chi connectivity index (χ0) is 49.4. The summed E-state index contributed by atoms with van der Waals surface area (Å²) >= 11 is 20.7. The minimum absolute atomic E-state index is 0.0202. The molecule has 25 heteroatoms. The van der Waals surface area contributed by atoms with Crippen LogP contribution >= 0.6 is 68.8 Å². The summed E-state index contributed by atoms with van der Waals surface area (Å²) in [5, 5.41) is 6.13. The molecule has 3 aromatic carbocycles. The monoisotopic (exact) mass is 1070 g/mol. The lowest BCUT2D eigenvalue weighted by Gasteiger charge is -2.16. The molecule has 0 spiro atoms. The maximum atomic E-state index is 13.9. The molecule has 0 aliphatic carbocycles. The molecule has 0 radical (unpaired) electrons. The third kappa shape index (κ3) is 13.6. The van der Waals surface area contributed by atoms with Crippen LogP contribution in [0.25, 0.3) is 0 Å². The van der Waals surface area contributed by atoms with E-state index >= 15 is 0 Å². The van der Waals surface area contributed by atoms with Gasteiger partial charge in [0.1, 0.15) is 17.5 Å². The third-order valence-electron chi connectivity index (χ3n) is 10.4. The molecule has 0 saturated carbocycles. The molecule has 3 atom stereocenters. The second-order valence-electron chi connectivity index (χ2n) is 15.1. The van der Waals surface area contributed by atoms with Crippen molar-refractivity contribution in [3.05, 3.63) is 148 Å². The van der Waals surface area contributed by atoms with Crippen molar-refractivity contribution in [1.82, 2.24) is 30.1 Å². The van der Waals surface area contributed by atoms with Gasteiger partial charge in [0.15, 0.2) is 49.0 Å². The number of rotatable bonds is 9. The van der Waals surface area contributed by atoms with Crippen LogP contribution in [0.15, 0.2) is 55.0 Å². The van der Waals surface area contributed by atoms with E-state index in [1.807, 2.05) is 0 Å². The van der Waals surface area contributed by atoms with Crippen LogP contribution in [0.1, 0.15) is 68.3 Å². The molecule has 2 N–H and O–H groups in total. The molecule has 6 aromatic rings. The fourth-order valence-corrected chi connectivity index (χ4v) is 10.1. The highest BCUT2D eigenvalue weighted by Gasteiger charge is 2.35. The number of hydrogen-bond acceptors (Lipinski definition) is 10. The lowest BCUT2D eigenvalue weighted by atomic mass is 9.97. The first-order valence-corrected chi connectivity index (χ1v) is 23.7. The van der Waals surface area contributed by atoms with Crippen LogP contribution in [0, 0.1) is 52.4 Å². The summed E-state index contributed by atoms with van der Waals surface area (Å²) in [5.41, 5.74) is -0.264. The zero-order valence-electron chi connectivity index (χ0n) is 35.0. The molecular formula is C43H35Cl3F9N7O3S3. The van der Waals surface area contributed by atoms with E-state index in [4.69, 9.17) is 34.8 Å². The third-order valence-corrected chi connectivity index (χ3v) is 14.1. The fourth-order valence-electron chi connectivity index (χ4n) is 7.29. The van der Waals surface area contributed by atoms with E-state index in [9.17, 15) is 53.9 Å². The quantitative estimate of drug-likeness (QED) is 0.0840. The first-order valence-electron chi connectivity index (χ1n) is 20.0. The van der Waals surface area contributed by atoms with Gasteiger partial charge < -0.3 is 20.4 Å². The normalized spacial score (nSPS) is 17.6. The Morgan fingerprint density at radius 2 is 1.01 bits per heavy atom. The van der Waals surface area contributed by atoms with E-state index in [-0.39, 0.29) is 73.3 Å². The minimum atomic E-state index is -1.24. The number of amides is 3. The van der Waals surface area contributed by atoms with Gasteiger partial charge in [-0.1, -0.05) is 23.2 Å². The van der Waals surface area contributed by atoms with Gasteiger partial charge in [0, 0.05) is 115 Å². The first kappa shape index (κ1) is 52.4. The molecule has 3 aromatic heterocycles. The number of carbonyl (C=O) groups excluding carboxylic acids is 3. The van der Waals surface area contributed by atoms with E-state index in [0.29, 0.717) is 46.1 Å². The molecule has 6 heterocycles. The van der Waals surface area contributed by atoms with Gasteiger partial charge in [-0.05, 0) is 34.9 Å². The molecule has 3 fully saturated rings. The topological polar surface area (TPSA) is 120 Å². The Morgan fingerprint density at radius 3 is 1.37 bits per heavy atom. The number of halogens is 12. The van der Waals surface area contributed by atoms with Gasteiger partial charge in [0.05, 0.1) is 19.0 Å². The molecule has 3 saturated heterocycles. The number of thiazole rings is 3. The van der Waals surface area contributed by atoms with Crippen molar-refractivity contribution in [2.45, 2.75) is 56.0 Å². The van der Waals surface area contributed by atoms with Crippen LogP contribution in [0.4, 0.5) is 44.6 Å². The van der Waals surface area contributed by atoms with Crippen LogP contribution < -0.4 is 10.6 Å². The van der Waals surface area contributed by atoms with E-state index in [0.717, 1.165) is 38.0 Å². The van der Waals surface area contributed by atoms with Crippen molar-refractivity contribution in [3.8, 4) is 0 Å². The Morgan fingerprint density at radius 1 is 0.603 bits per heavy atom. The number of carbonyl (C=O) groups is 3. The van der Waals surface area contributed by atoms with Gasteiger partial charge in [-0.2, -0.15) is 0 Å². The first-order chi connectivity index (χ1) is 32.3. The lowest BCUT2D eigenvalue weighted by molar-refractivity contribution is -0.128. The number of likely N-dealkylation sites (tertiary alicyclic amines) is 2. The summed E-state index contributed by atoms with van der Waals surface area (Å²) in [5.74, 6) is -11.2. The van der Waals surface area contributed by atoms with E-state index < -0.39 is 70.1 Å². The van der Waals surface area contributed by atoms with Gasteiger partial charge in [-0.15, -0.1) is 45.6 Å². The van der Waals surface area contributed by atoms with Gasteiger partial charge >= 0.3 is 0 Å². The Balaban J connectivity index is 0.000000158. The van der Waals surface area contributed by atoms with E-state index in [1.54, 1.807) is 30.5 Å². The van der Waals surface area contributed by atoms with Gasteiger partial charge in [-0.3, -0.25) is 14.4 Å². The number of alkyl halides is 1. The van der Waals surface area contributed by atoms with Gasteiger partial charge in [0.2, 0.25) is 17.7 Å². The second kappa shape index (κ2) is 23.5. The standard InChI is InChI=1S/C15H14F3N3OS.C14H10ClF3N2OS.C10H8F3NO.C4H3Cl2NS/c1-19-15-20-5-10(23-15)7-21-6-8(2-13(21)22)11-3-9(16)4-12(17)14(11)18;15-14-19-4-9(22-14)6-20-5-7(1-12(20)21)10-2-8(16)3-11(17)13(10)18;11-6-2-7(10(13)8(12)3-6)5-1-9(15)14-4-5;5-1-3-2-7-4(6)8-3/h3-5,8H,2,6-7H2,1H3,(H,19,20);2-4,7H,1,5-6H2;2-3,5H,1,4H2,(H,14,15);2H,1H2. The highest BCUT2D eigenvalue weighted by Crippen LogP contribution is 2.35. The molecular weight excluding hydrogens is 1040 g/mol. The summed E-state index contributed by atoms with van der Waals surface area (Å²) < 4.78 is 121. The maximum Gasteiger partial charge on any atom is 0.223 e. The smallest absolute Gasteiger partial charge is 0.223 e. The van der Waals surface area contributed by atoms with Crippen molar-refractivity contribution in [1.29, 1.82) is 0 Å². The summed E-state index contributed by atoms with van der Waals surface area (Å²) in [6, 6.07) is 4.33. The van der Waals surface area contributed by atoms with Gasteiger partial charge in [-0.25, -0.2) is 54.5 Å². The van der Waals surface area contributed by atoms with Gasteiger partial charge in [0.25, 0.3) is 0 Å². The largest absolute Gasteiger partial charge is 0.365 e. The number of anilines is 1. The SMILES string of the molecule is CNc1ncc(CN2CC(c3cc(F)cc(F)c3F)CC2=O)s1.ClCc1cnc(Cl)s1.O=C1CC(c2cc(F)cc(F)c2F)CN1.O=C1CC(c2cc(F)cc(F)c2F)CN1Cc1cnc(Cl)s1. The van der Waals surface area contributed by atoms with Crippen LogP contribution in [0.2, 0.25) is 8.93 Å². The Hall–Kier alpha value is -5.00. The highest BCUT2D eigenvalue weighted by atomic mass is 35.5. The Kier molecular flexibility index (Phi) is 18.1. The summed E-state index contributed by atoms with van der Waals surface area (Å²) in [6.45, 7) is 1.31. The van der Waals surface area contributed by atoms with Crippen molar-refractivity contribution >= 4 is 91.7 Å². The van der Waals surface area contributed by atoms with Crippen LogP contribution in [0.3, 0.4) is 0 Å². The van der Waals surface area contributed by atoms with Crippen molar-refractivity contribution in [2.75, 3.05) is 32.0 Å². The number of benzene rings is 3. The van der Waals surface area contributed by atoms with E-state index in [2.05, 4.69) is 25.6 Å². The molecule has 3 unspecified atom stereocenters. The van der Waals surface area contributed by atoms with Crippen LogP contribution in [0.5, 0.6) is 0 Å². The second-order valence-corrected chi connectivity index (χ2v) is 19.9. The van der Waals surface area contributed by atoms with Crippen molar-refractivity contribution in [3.63, 3.8) is 0 Å². The van der Waals surface area contributed by atoms with Crippen molar-refractivity contribution < 1.29 is 53.9 Å². The summed E-state index contributed by atoms with van der Waals surface area (Å²) in [4.78, 5) is 52.6. The average Bonchev–Trinajstić information content (AvgIpc) is 4.18. The molecule has 362 valence electrons. The number of hydrogen-bond donors (Lipinski definition) is 2. The Bertz CT molecular complexity index is 2790. The molecule has 3 aliphatic rings. The lowest BCUT2D eigenvalue weighted by Crippen LogP contribution is -2.24. The maximum absolute atomic E-state index is 13.9. The molecule has 68 heavy (non-hydrogen) atoms. The predicted molar refractivity (Wildman–Crippen MR) is 240 cm³/mol. The van der Waals surface area contributed by atoms with Crippen LogP contribution in [-0.2, 0) is 33.4 Å². The summed E-state index contributed by atoms with van der Waals surface area (Å²) in [6.07, 6.45) is 5.04. The molecule has 10 nitrogen and oxygen atoms in total. The number of nitrogens with zero attached hydrogens (tertiary/aromatic N) is 5. The number of nitrogens with one attached hydrogen (secondary N) is 2. The molecule has 3 aliphatic heterocycles. The molecule has 0 bridgehead atoms. The Labute approximate surface area is 409 Å². The average molecular weight is 1070 g/mol. The predicted octanol–water partition coefficient (Wildman–Crippen LogP) is 11.1. The van der Waals surface area contributed by atoms with E-state index in [1.165, 1.54) is 38.9 Å². The van der Waals surface area contributed by atoms with Crippen molar-refractivity contribution in [2.24, 2.45) is 0 Å². The molecule has 9 rings (SSSR count). The summed E-state index contributed by atoms with van der Waals surface area (Å²) in [7, 11) is 1.75.